The lowest BCUT2D eigenvalue weighted by Gasteiger charge is -2.41. The minimum Gasteiger partial charge on any atom is -0.294 e. The van der Waals surface area contributed by atoms with Gasteiger partial charge in [0.2, 0.25) is 0 Å². The lowest BCUT2D eigenvalue weighted by Crippen LogP contribution is -2.36. The summed E-state index contributed by atoms with van der Waals surface area (Å²) in [6, 6.07) is 11.3. The molecule has 0 saturated heterocycles. The van der Waals surface area contributed by atoms with Gasteiger partial charge in [-0.1, -0.05) is 44.2 Å². The van der Waals surface area contributed by atoms with Gasteiger partial charge in [-0.05, 0) is 77.5 Å². The molecule has 1 nitrogen and oxygen atoms in total. The minimum atomic E-state index is 0.225. The third-order valence-electron chi connectivity index (χ3n) is 7.34. The Morgan fingerprint density at radius 3 is 2.84 bits per heavy atom. The highest BCUT2D eigenvalue weighted by Crippen LogP contribution is 2.58. The number of allylic oxidation sites excluding steroid dienone is 2. The molecule has 3 aliphatic rings. The van der Waals surface area contributed by atoms with Crippen LogP contribution in [0.15, 0.2) is 42.5 Å². The maximum Gasteiger partial charge on any atom is 0.163 e. The van der Waals surface area contributed by atoms with Crippen molar-refractivity contribution in [3.05, 3.63) is 59.2 Å². The second-order valence-electron chi connectivity index (χ2n) is 8.55. The Hall–Kier alpha value is -1.89. The largest absolute Gasteiger partial charge is 0.294 e. The number of hydrogen-bond acceptors (Lipinski definition) is 1. The summed E-state index contributed by atoms with van der Waals surface area (Å²) in [6.07, 6.45) is 10.3. The molecule has 0 N–H and O–H groups in total. The standard InChI is InChI=1S/C24H26O/c1-3-15(2)19-6-4-5-17-12-22-21(13-20(17)19)23(25)9-10-24(22)14-16-7-8-18(24)11-16/h4-8,12-13,15-16,18H,3,9-11,14H2,1-2H3. The van der Waals surface area contributed by atoms with E-state index in [0.29, 0.717) is 17.6 Å². The number of benzene rings is 2. The summed E-state index contributed by atoms with van der Waals surface area (Å²) in [5, 5.41) is 2.61. The van der Waals surface area contributed by atoms with Gasteiger partial charge in [0.15, 0.2) is 5.78 Å². The average molecular weight is 330 g/mol. The second-order valence-corrected chi connectivity index (χ2v) is 8.55. The summed E-state index contributed by atoms with van der Waals surface area (Å²) in [5.41, 5.74) is 4.00. The number of carbonyl (C=O) groups is 1. The van der Waals surface area contributed by atoms with Crippen LogP contribution in [0.2, 0.25) is 0 Å². The van der Waals surface area contributed by atoms with E-state index in [9.17, 15) is 4.79 Å². The van der Waals surface area contributed by atoms with Gasteiger partial charge in [-0.3, -0.25) is 4.79 Å². The first-order valence-corrected chi connectivity index (χ1v) is 9.91. The molecular formula is C24H26O. The van der Waals surface area contributed by atoms with Gasteiger partial charge in [0, 0.05) is 17.4 Å². The summed E-state index contributed by atoms with van der Waals surface area (Å²) < 4.78 is 0. The Morgan fingerprint density at radius 1 is 1.24 bits per heavy atom. The SMILES string of the molecule is CCC(C)c1cccc2cc3c(cc12)C(=O)CCC31CC2C=CC1C2. The first-order valence-electron chi connectivity index (χ1n) is 9.91. The van der Waals surface area contributed by atoms with Crippen LogP contribution in [0, 0.1) is 11.8 Å². The summed E-state index contributed by atoms with van der Waals surface area (Å²) in [4.78, 5) is 12.8. The average Bonchev–Trinajstić information content (AvgIpc) is 3.24. The fraction of sp³-hybridized carbons (Fsp3) is 0.458. The molecule has 128 valence electrons. The molecule has 4 atom stereocenters. The van der Waals surface area contributed by atoms with Crippen molar-refractivity contribution in [3.8, 4) is 0 Å². The highest BCUT2D eigenvalue weighted by molar-refractivity contribution is 6.04. The normalized spacial score (nSPS) is 31.0. The molecule has 0 heterocycles. The second kappa shape index (κ2) is 5.30. The van der Waals surface area contributed by atoms with Gasteiger partial charge in [0.25, 0.3) is 0 Å². The molecular weight excluding hydrogens is 304 g/mol. The zero-order valence-corrected chi connectivity index (χ0v) is 15.2. The lowest BCUT2D eigenvalue weighted by atomic mass is 9.62. The van der Waals surface area contributed by atoms with Gasteiger partial charge in [-0.15, -0.1) is 0 Å². The van der Waals surface area contributed by atoms with Gasteiger partial charge in [-0.25, -0.2) is 0 Å². The predicted molar refractivity (Wildman–Crippen MR) is 103 cm³/mol. The zero-order valence-electron chi connectivity index (χ0n) is 15.2. The summed E-state index contributed by atoms with van der Waals surface area (Å²) >= 11 is 0. The van der Waals surface area contributed by atoms with Crippen molar-refractivity contribution in [2.75, 3.05) is 0 Å². The third-order valence-corrected chi connectivity index (χ3v) is 7.34. The highest BCUT2D eigenvalue weighted by atomic mass is 16.1. The van der Waals surface area contributed by atoms with Crippen LogP contribution in [0.1, 0.15) is 73.4 Å². The minimum absolute atomic E-state index is 0.225. The molecule has 1 heteroatoms. The van der Waals surface area contributed by atoms with Crippen molar-refractivity contribution in [1.82, 2.24) is 0 Å². The highest BCUT2D eigenvalue weighted by Gasteiger charge is 2.52. The molecule has 2 aromatic carbocycles. The monoisotopic (exact) mass is 330 g/mol. The molecule has 1 spiro atoms. The van der Waals surface area contributed by atoms with E-state index in [1.54, 1.807) is 0 Å². The fourth-order valence-corrected chi connectivity index (χ4v) is 5.80. The van der Waals surface area contributed by atoms with Crippen LogP contribution in [0.4, 0.5) is 0 Å². The van der Waals surface area contributed by atoms with E-state index in [0.717, 1.165) is 30.7 Å². The Morgan fingerprint density at radius 2 is 2.12 bits per heavy atom. The van der Waals surface area contributed by atoms with Crippen LogP contribution >= 0.6 is 0 Å². The maximum atomic E-state index is 12.8. The van der Waals surface area contributed by atoms with E-state index in [-0.39, 0.29) is 5.41 Å². The fourth-order valence-electron chi connectivity index (χ4n) is 5.80. The molecule has 2 bridgehead atoms. The zero-order chi connectivity index (χ0) is 17.2. The quantitative estimate of drug-likeness (QED) is 0.602. The number of hydrogen-bond donors (Lipinski definition) is 0. The van der Waals surface area contributed by atoms with E-state index in [4.69, 9.17) is 0 Å². The van der Waals surface area contributed by atoms with Crippen LogP contribution in [-0.4, -0.2) is 5.78 Å². The first-order chi connectivity index (χ1) is 12.1. The van der Waals surface area contributed by atoms with Crippen LogP contribution in [0.3, 0.4) is 0 Å². The molecule has 0 amide bonds. The van der Waals surface area contributed by atoms with Crippen molar-refractivity contribution in [2.45, 2.75) is 57.3 Å². The van der Waals surface area contributed by atoms with Crippen molar-refractivity contribution >= 4 is 16.6 Å². The van der Waals surface area contributed by atoms with Crippen LogP contribution in [0.25, 0.3) is 10.8 Å². The van der Waals surface area contributed by atoms with E-state index in [1.165, 1.54) is 34.7 Å². The topological polar surface area (TPSA) is 17.1 Å². The number of Topliss-reactive ketones (excluding diaryl/α,β-unsaturated/α-hetero) is 1. The van der Waals surface area contributed by atoms with Gasteiger partial charge in [0.1, 0.15) is 0 Å². The molecule has 5 rings (SSSR count). The number of carbonyl (C=O) groups excluding carboxylic acids is 1. The Bertz CT molecular complexity index is 906. The summed E-state index contributed by atoms with van der Waals surface area (Å²) in [7, 11) is 0. The number of fused-ring (bicyclic) bond motifs is 6. The van der Waals surface area contributed by atoms with Gasteiger partial charge in [-0.2, -0.15) is 0 Å². The van der Waals surface area contributed by atoms with Crippen molar-refractivity contribution in [1.29, 1.82) is 0 Å². The van der Waals surface area contributed by atoms with Gasteiger partial charge < -0.3 is 0 Å². The molecule has 25 heavy (non-hydrogen) atoms. The molecule has 0 radical (unpaired) electrons. The van der Waals surface area contributed by atoms with E-state index >= 15 is 0 Å². The van der Waals surface area contributed by atoms with Crippen molar-refractivity contribution in [3.63, 3.8) is 0 Å². The van der Waals surface area contributed by atoms with Crippen LogP contribution < -0.4 is 0 Å². The maximum absolute atomic E-state index is 12.8. The molecule has 1 saturated carbocycles. The van der Waals surface area contributed by atoms with Gasteiger partial charge >= 0.3 is 0 Å². The molecule has 1 fully saturated rings. The summed E-state index contributed by atoms with van der Waals surface area (Å²) in [5.74, 6) is 2.25. The van der Waals surface area contributed by atoms with E-state index in [2.05, 4.69) is 56.3 Å². The number of ketones is 1. The Labute approximate surface area is 150 Å². The third kappa shape index (κ3) is 2.05. The number of rotatable bonds is 2. The van der Waals surface area contributed by atoms with Gasteiger partial charge in [0.05, 0.1) is 0 Å². The molecule has 3 aliphatic carbocycles. The van der Waals surface area contributed by atoms with Crippen molar-refractivity contribution in [2.24, 2.45) is 11.8 Å². The Balaban J connectivity index is 1.76. The van der Waals surface area contributed by atoms with Crippen molar-refractivity contribution < 1.29 is 4.79 Å². The summed E-state index contributed by atoms with van der Waals surface area (Å²) in [6.45, 7) is 4.53. The first kappa shape index (κ1) is 15.4. The smallest absolute Gasteiger partial charge is 0.163 e. The molecule has 0 aromatic heterocycles. The predicted octanol–water partition coefficient (Wildman–Crippen LogP) is 6.16. The molecule has 0 aliphatic heterocycles. The van der Waals surface area contributed by atoms with E-state index in [1.807, 2.05) is 0 Å². The lowest BCUT2D eigenvalue weighted by molar-refractivity contribution is 0.0944. The Kier molecular flexibility index (Phi) is 3.26. The molecule has 4 unspecified atom stereocenters. The molecule has 2 aromatic rings. The van der Waals surface area contributed by atoms with Crippen LogP contribution in [0.5, 0.6) is 0 Å². The van der Waals surface area contributed by atoms with Crippen LogP contribution in [-0.2, 0) is 5.41 Å². The van der Waals surface area contributed by atoms with E-state index < -0.39 is 0 Å².